The average molecular weight is 251 g/mol. The third-order valence-electron chi connectivity index (χ3n) is 2.03. The first-order valence-electron chi connectivity index (χ1n) is 4.33. The third kappa shape index (κ3) is 2.65. The standard InChI is InChI=1S/C9H9ClF2N2O2/c10-8-7(9(11)12)5(1-6(15)16)4(2-13)3-14-8/h3,9H,1-2,13H2,(H,15,16). The van der Waals surface area contributed by atoms with Gasteiger partial charge in [0.15, 0.2) is 0 Å². The molecule has 1 aromatic rings. The molecule has 0 bridgehead atoms. The van der Waals surface area contributed by atoms with Gasteiger partial charge in [-0.25, -0.2) is 13.8 Å². The molecule has 7 heteroatoms. The van der Waals surface area contributed by atoms with E-state index in [0.717, 1.165) is 0 Å². The number of carbonyl (C=O) groups is 1. The third-order valence-corrected chi connectivity index (χ3v) is 2.34. The maximum Gasteiger partial charge on any atom is 0.307 e. The van der Waals surface area contributed by atoms with E-state index in [2.05, 4.69) is 4.98 Å². The van der Waals surface area contributed by atoms with Crippen LogP contribution in [0.1, 0.15) is 23.1 Å². The monoisotopic (exact) mass is 250 g/mol. The highest BCUT2D eigenvalue weighted by molar-refractivity contribution is 6.30. The molecule has 3 N–H and O–H groups in total. The second-order valence-electron chi connectivity index (χ2n) is 3.04. The number of carboxylic acids is 1. The van der Waals surface area contributed by atoms with Gasteiger partial charge in [0.2, 0.25) is 0 Å². The molecule has 1 rings (SSSR count). The summed E-state index contributed by atoms with van der Waals surface area (Å²) in [6.45, 7) is -0.0630. The van der Waals surface area contributed by atoms with E-state index in [1.165, 1.54) is 6.20 Å². The van der Waals surface area contributed by atoms with Crippen molar-refractivity contribution in [3.63, 3.8) is 0 Å². The molecular weight excluding hydrogens is 242 g/mol. The largest absolute Gasteiger partial charge is 0.481 e. The first-order chi connectivity index (χ1) is 7.47. The van der Waals surface area contributed by atoms with Gasteiger partial charge < -0.3 is 10.8 Å². The van der Waals surface area contributed by atoms with Gasteiger partial charge in [0.1, 0.15) is 5.15 Å². The highest BCUT2D eigenvalue weighted by Gasteiger charge is 2.22. The summed E-state index contributed by atoms with van der Waals surface area (Å²) >= 11 is 5.51. The quantitative estimate of drug-likeness (QED) is 0.799. The van der Waals surface area contributed by atoms with E-state index in [1.54, 1.807) is 0 Å². The summed E-state index contributed by atoms with van der Waals surface area (Å²) in [4.78, 5) is 14.1. The van der Waals surface area contributed by atoms with Crippen LogP contribution in [0.25, 0.3) is 0 Å². The molecule has 0 radical (unpaired) electrons. The maximum absolute atomic E-state index is 12.7. The lowest BCUT2D eigenvalue weighted by molar-refractivity contribution is -0.136. The Bertz CT molecular complexity index is 413. The molecule has 4 nitrogen and oxygen atoms in total. The van der Waals surface area contributed by atoms with E-state index >= 15 is 0 Å². The lowest BCUT2D eigenvalue weighted by atomic mass is 10.0. The molecule has 1 heterocycles. The molecule has 0 saturated heterocycles. The number of aliphatic carboxylic acids is 1. The van der Waals surface area contributed by atoms with Crippen LogP contribution in [0.2, 0.25) is 5.15 Å². The first-order valence-corrected chi connectivity index (χ1v) is 4.71. The van der Waals surface area contributed by atoms with Crippen molar-refractivity contribution in [2.24, 2.45) is 5.73 Å². The van der Waals surface area contributed by atoms with Crippen LogP contribution in [0.4, 0.5) is 8.78 Å². The SMILES string of the molecule is NCc1cnc(Cl)c(C(F)F)c1CC(=O)O. The molecule has 0 unspecified atom stereocenters. The van der Waals surface area contributed by atoms with Crippen LogP contribution in [0.15, 0.2) is 6.20 Å². The number of alkyl halides is 2. The van der Waals surface area contributed by atoms with E-state index in [4.69, 9.17) is 22.4 Å². The van der Waals surface area contributed by atoms with Gasteiger partial charge in [0.05, 0.1) is 12.0 Å². The van der Waals surface area contributed by atoms with E-state index in [0.29, 0.717) is 0 Å². The number of hydrogen-bond donors (Lipinski definition) is 2. The highest BCUT2D eigenvalue weighted by atomic mass is 35.5. The Morgan fingerprint density at radius 2 is 2.25 bits per heavy atom. The number of pyridine rings is 1. The zero-order valence-corrected chi connectivity index (χ0v) is 8.84. The van der Waals surface area contributed by atoms with Crippen LogP contribution in [0.3, 0.4) is 0 Å². The number of nitrogens with zero attached hydrogens (tertiary/aromatic N) is 1. The number of hydrogen-bond acceptors (Lipinski definition) is 3. The predicted molar refractivity (Wildman–Crippen MR) is 53.4 cm³/mol. The summed E-state index contributed by atoms with van der Waals surface area (Å²) in [5.41, 5.74) is 4.99. The molecule has 1 aromatic heterocycles. The first kappa shape index (κ1) is 12.8. The minimum absolute atomic E-state index is 0.0509. The topological polar surface area (TPSA) is 76.2 Å². The molecule has 0 aliphatic rings. The second kappa shape index (κ2) is 5.18. The Kier molecular flexibility index (Phi) is 4.14. The molecule has 0 spiro atoms. The van der Waals surface area contributed by atoms with Gasteiger partial charge in [-0.3, -0.25) is 4.79 Å². The van der Waals surface area contributed by atoms with Gasteiger partial charge >= 0.3 is 5.97 Å². The second-order valence-corrected chi connectivity index (χ2v) is 3.40. The number of rotatable bonds is 4. The molecular formula is C9H9ClF2N2O2. The molecule has 0 atom stereocenters. The molecule has 0 fully saturated rings. The molecule has 16 heavy (non-hydrogen) atoms. The van der Waals surface area contributed by atoms with Crippen LogP contribution >= 0.6 is 11.6 Å². The summed E-state index contributed by atoms with van der Waals surface area (Å²) in [6.07, 6.45) is -2.21. The normalized spacial score (nSPS) is 10.8. The zero-order chi connectivity index (χ0) is 12.3. The molecule has 0 aromatic carbocycles. The molecule has 0 aliphatic heterocycles. The molecule has 0 amide bonds. The zero-order valence-electron chi connectivity index (χ0n) is 8.08. The van der Waals surface area contributed by atoms with Crippen molar-refractivity contribution in [2.75, 3.05) is 0 Å². The minimum Gasteiger partial charge on any atom is -0.481 e. The van der Waals surface area contributed by atoms with Gasteiger partial charge in [-0.15, -0.1) is 0 Å². The fourth-order valence-corrected chi connectivity index (χ4v) is 1.58. The summed E-state index contributed by atoms with van der Waals surface area (Å²) < 4.78 is 25.4. The van der Waals surface area contributed by atoms with Crippen LogP contribution in [-0.4, -0.2) is 16.1 Å². The van der Waals surface area contributed by atoms with Crippen LogP contribution in [0.5, 0.6) is 0 Å². The summed E-state index contributed by atoms with van der Waals surface area (Å²) in [6, 6.07) is 0. The van der Waals surface area contributed by atoms with Gasteiger partial charge in [-0.05, 0) is 11.1 Å². The van der Waals surface area contributed by atoms with Crippen molar-refractivity contribution in [1.82, 2.24) is 4.98 Å². The average Bonchev–Trinajstić information content (AvgIpc) is 2.16. The molecule has 0 saturated carbocycles. The van der Waals surface area contributed by atoms with Crippen molar-refractivity contribution in [3.8, 4) is 0 Å². The van der Waals surface area contributed by atoms with Gasteiger partial charge in [-0.1, -0.05) is 11.6 Å². The van der Waals surface area contributed by atoms with Gasteiger partial charge in [0, 0.05) is 12.7 Å². The summed E-state index contributed by atoms with van der Waals surface area (Å²) in [5, 5.41) is 8.25. The summed E-state index contributed by atoms with van der Waals surface area (Å²) in [5.74, 6) is -1.22. The van der Waals surface area contributed by atoms with E-state index in [1.807, 2.05) is 0 Å². The molecule has 0 aliphatic carbocycles. The fraction of sp³-hybridized carbons (Fsp3) is 0.333. The van der Waals surface area contributed by atoms with Crippen molar-refractivity contribution in [3.05, 3.63) is 28.0 Å². The van der Waals surface area contributed by atoms with Crippen LogP contribution in [0, 0.1) is 0 Å². The lowest BCUT2D eigenvalue weighted by Gasteiger charge is -2.12. The summed E-state index contributed by atoms with van der Waals surface area (Å²) in [7, 11) is 0. The molecule has 88 valence electrons. The van der Waals surface area contributed by atoms with Crippen LogP contribution in [-0.2, 0) is 17.8 Å². The van der Waals surface area contributed by atoms with Crippen molar-refractivity contribution in [1.29, 1.82) is 0 Å². The lowest BCUT2D eigenvalue weighted by Crippen LogP contribution is -2.12. The smallest absolute Gasteiger partial charge is 0.307 e. The number of halogens is 3. The van der Waals surface area contributed by atoms with E-state index in [-0.39, 0.29) is 22.8 Å². The predicted octanol–water partition coefficient (Wildman–Crippen LogP) is 1.76. The van der Waals surface area contributed by atoms with Gasteiger partial charge in [-0.2, -0.15) is 0 Å². The Labute approximate surface area is 95.0 Å². The minimum atomic E-state index is -2.87. The number of aromatic nitrogens is 1. The van der Waals surface area contributed by atoms with Crippen molar-refractivity contribution < 1.29 is 18.7 Å². The van der Waals surface area contributed by atoms with E-state index < -0.39 is 24.4 Å². The Morgan fingerprint density at radius 1 is 1.62 bits per heavy atom. The van der Waals surface area contributed by atoms with Gasteiger partial charge in [0.25, 0.3) is 6.43 Å². The Hall–Kier alpha value is -1.27. The Balaban J connectivity index is 3.36. The Morgan fingerprint density at radius 3 is 2.69 bits per heavy atom. The number of carboxylic acid groups (broad SMARTS) is 1. The van der Waals surface area contributed by atoms with Crippen molar-refractivity contribution in [2.45, 2.75) is 19.4 Å². The van der Waals surface area contributed by atoms with E-state index in [9.17, 15) is 13.6 Å². The fourth-order valence-electron chi connectivity index (χ4n) is 1.34. The maximum atomic E-state index is 12.7. The highest BCUT2D eigenvalue weighted by Crippen LogP contribution is 2.31. The number of nitrogens with two attached hydrogens (primary N) is 1. The van der Waals surface area contributed by atoms with Crippen molar-refractivity contribution >= 4 is 17.6 Å². The van der Waals surface area contributed by atoms with Crippen LogP contribution < -0.4 is 5.73 Å².